The fourth-order valence-corrected chi connectivity index (χ4v) is 1.07. The van der Waals surface area contributed by atoms with E-state index in [1.54, 1.807) is 7.11 Å². The summed E-state index contributed by atoms with van der Waals surface area (Å²) in [5.41, 5.74) is 0.00446. The second kappa shape index (κ2) is 4.28. The Morgan fingerprint density at radius 3 is 2.43 bits per heavy atom. The number of methoxy groups -OCH3 is 1. The molecule has 0 aliphatic carbocycles. The van der Waals surface area contributed by atoms with Crippen LogP contribution >= 0.6 is 0 Å². The van der Waals surface area contributed by atoms with Crippen molar-refractivity contribution >= 4 is 6.29 Å². The average molecular weight is 194 g/mol. The number of carbonyl (C=O) groups excluding carboxylic acids is 1. The highest BCUT2D eigenvalue weighted by molar-refractivity contribution is 5.73. The zero-order valence-corrected chi connectivity index (χ0v) is 8.65. The lowest BCUT2D eigenvalue weighted by Gasteiger charge is -2.24. The van der Waals surface area contributed by atoms with Gasteiger partial charge >= 0.3 is 0 Å². The van der Waals surface area contributed by atoms with E-state index in [-0.39, 0.29) is 0 Å². The number of ether oxygens (including phenoxy) is 1. The molecule has 0 N–H and O–H groups in total. The minimum atomic E-state index is -0.471. The van der Waals surface area contributed by atoms with Crippen molar-refractivity contribution in [1.82, 2.24) is 9.97 Å². The number of carbonyl (C=O) groups is 1. The van der Waals surface area contributed by atoms with E-state index in [1.165, 1.54) is 12.4 Å². The van der Waals surface area contributed by atoms with Gasteiger partial charge in [-0.15, -0.1) is 0 Å². The molecule has 14 heavy (non-hydrogen) atoms. The minimum Gasteiger partial charge on any atom is -0.371 e. The highest BCUT2D eigenvalue weighted by Gasteiger charge is 2.26. The molecule has 0 bridgehead atoms. The quantitative estimate of drug-likeness (QED) is 0.682. The van der Waals surface area contributed by atoms with Crippen LogP contribution in [0.4, 0.5) is 0 Å². The summed E-state index contributed by atoms with van der Waals surface area (Å²) in [4.78, 5) is 18.6. The maximum absolute atomic E-state index is 10.4. The average Bonchev–Trinajstić information content (AvgIpc) is 2.28. The molecular weight excluding hydrogens is 180 g/mol. The topological polar surface area (TPSA) is 52.1 Å². The van der Waals surface area contributed by atoms with Crippen molar-refractivity contribution in [3.8, 4) is 0 Å². The van der Waals surface area contributed by atoms with Gasteiger partial charge < -0.3 is 4.74 Å². The highest BCUT2D eigenvalue weighted by Crippen LogP contribution is 2.24. The van der Waals surface area contributed by atoms with E-state index in [9.17, 15) is 4.79 Å². The van der Waals surface area contributed by atoms with Gasteiger partial charge in [0.05, 0.1) is 5.56 Å². The van der Waals surface area contributed by atoms with Crippen molar-refractivity contribution in [2.75, 3.05) is 7.11 Å². The van der Waals surface area contributed by atoms with E-state index in [2.05, 4.69) is 9.97 Å². The van der Waals surface area contributed by atoms with Gasteiger partial charge in [0.2, 0.25) is 0 Å². The largest absolute Gasteiger partial charge is 0.371 e. The molecule has 1 aromatic rings. The van der Waals surface area contributed by atoms with E-state index in [4.69, 9.17) is 4.74 Å². The van der Waals surface area contributed by atoms with Crippen LogP contribution in [-0.4, -0.2) is 23.4 Å². The third-order valence-corrected chi connectivity index (χ3v) is 2.41. The number of hydrogen-bond acceptors (Lipinski definition) is 4. The van der Waals surface area contributed by atoms with E-state index in [0.717, 1.165) is 12.7 Å². The molecule has 0 fully saturated rings. The molecule has 0 aromatic carbocycles. The van der Waals surface area contributed by atoms with Crippen LogP contribution in [0, 0.1) is 0 Å². The van der Waals surface area contributed by atoms with Crippen LogP contribution in [0.1, 0.15) is 36.5 Å². The van der Waals surface area contributed by atoms with Gasteiger partial charge in [-0.3, -0.25) is 4.79 Å². The monoisotopic (exact) mass is 194 g/mol. The van der Waals surface area contributed by atoms with Crippen molar-refractivity contribution in [2.45, 2.75) is 25.9 Å². The zero-order chi connectivity index (χ0) is 10.6. The van der Waals surface area contributed by atoms with E-state index in [0.29, 0.717) is 11.4 Å². The standard InChI is InChI=1S/C10H14N2O2/c1-4-10(2,14-3)9-11-5-8(7-13)6-12-9/h5-7H,4H2,1-3H3. The molecule has 0 radical (unpaired) electrons. The molecule has 1 unspecified atom stereocenters. The second-order valence-electron chi connectivity index (χ2n) is 3.25. The summed E-state index contributed by atoms with van der Waals surface area (Å²) in [5, 5.41) is 0. The van der Waals surface area contributed by atoms with Crippen molar-refractivity contribution in [1.29, 1.82) is 0 Å². The first kappa shape index (κ1) is 10.8. The summed E-state index contributed by atoms with van der Waals surface area (Å²) in [5.74, 6) is 0.605. The van der Waals surface area contributed by atoms with Gasteiger partial charge in [-0.05, 0) is 13.3 Å². The summed E-state index contributed by atoms with van der Waals surface area (Å²) in [6.45, 7) is 3.92. The van der Waals surface area contributed by atoms with Gasteiger partial charge in [0.25, 0.3) is 0 Å². The van der Waals surface area contributed by atoms with Gasteiger partial charge in [-0.25, -0.2) is 9.97 Å². The molecule has 1 aromatic heterocycles. The Balaban J connectivity index is 3.00. The molecule has 1 atom stereocenters. The molecule has 0 aliphatic heterocycles. The maximum Gasteiger partial charge on any atom is 0.159 e. The van der Waals surface area contributed by atoms with Crippen molar-refractivity contribution in [3.63, 3.8) is 0 Å². The summed E-state index contributed by atoms with van der Waals surface area (Å²) >= 11 is 0. The first-order valence-corrected chi connectivity index (χ1v) is 4.49. The van der Waals surface area contributed by atoms with Gasteiger partial charge in [0, 0.05) is 19.5 Å². The molecule has 1 rings (SSSR count). The minimum absolute atomic E-state index is 0.471. The normalized spacial score (nSPS) is 14.8. The highest BCUT2D eigenvalue weighted by atomic mass is 16.5. The van der Waals surface area contributed by atoms with Crippen LogP contribution in [0.3, 0.4) is 0 Å². The second-order valence-corrected chi connectivity index (χ2v) is 3.25. The summed E-state index contributed by atoms with van der Waals surface area (Å²) in [6.07, 6.45) is 4.51. The maximum atomic E-state index is 10.4. The Hall–Kier alpha value is -1.29. The van der Waals surface area contributed by atoms with Crippen LogP contribution in [0.5, 0.6) is 0 Å². The van der Waals surface area contributed by atoms with Gasteiger partial charge in [-0.1, -0.05) is 6.92 Å². The Bertz CT molecular complexity index is 304. The lowest BCUT2D eigenvalue weighted by molar-refractivity contribution is -0.00902. The van der Waals surface area contributed by atoms with Crippen molar-refractivity contribution in [2.24, 2.45) is 0 Å². The number of nitrogens with zero attached hydrogens (tertiary/aromatic N) is 2. The van der Waals surface area contributed by atoms with Crippen LogP contribution in [0.25, 0.3) is 0 Å². The van der Waals surface area contributed by atoms with Gasteiger partial charge in [0.15, 0.2) is 12.1 Å². The molecule has 0 saturated carbocycles. The predicted octanol–water partition coefficient (Wildman–Crippen LogP) is 1.56. The van der Waals surface area contributed by atoms with E-state index in [1.807, 2.05) is 13.8 Å². The zero-order valence-electron chi connectivity index (χ0n) is 8.65. The Morgan fingerprint density at radius 2 is 2.07 bits per heavy atom. The molecular formula is C10H14N2O2. The molecule has 0 aliphatic rings. The lowest BCUT2D eigenvalue weighted by atomic mass is 10.0. The van der Waals surface area contributed by atoms with Gasteiger partial charge in [0.1, 0.15) is 5.60 Å². The summed E-state index contributed by atoms with van der Waals surface area (Å²) in [7, 11) is 1.63. The smallest absolute Gasteiger partial charge is 0.159 e. The van der Waals surface area contributed by atoms with Gasteiger partial charge in [-0.2, -0.15) is 0 Å². The number of aromatic nitrogens is 2. The first-order chi connectivity index (χ1) is 6.66. The Morgan fingerprint density at radius 1 is 1.50 bits per heavy atom. The van der Waals surface area contributed by atoms with Crippen molar-refractivity contribution in [3.05, 3.63) is 23.8 Å². The SMILES string of the molecule is CCC(C)(OC)c1ncc(C=O)cn1. The van der Waals surface area contributed by atoms with Crippen LogP contribution in [-0.2, 0) is 10.3 Å². The molecule has 0 saturated heterocycles. The lowest BCUT2D eigenvalue weighted by Crippen LogP contribution is -2.26. The van der Waals surface area contributed by atoms with Crippen LogP contribution in [0.15, 0.2) is 12.4 Å². The molecule has 0 amide bonds. The third kappa shape index (κ3) is 1.96. The molecule has 1 heterocycles. The molecule has 4 nitrogen and oxygen atoms in total. The summed E-state index contributed by atoms with van der Waals surface area (Å²) < 4.78 is 5.33. The third-order valence-electron chi connectivity index (χ3n) is 2.41. The fraction of sp³-hybridized carbons (Fsp3) is 0.500. The summed E-state index contributed by atoms with van der Waals surface area (Å²) in [6, 6.07) is 0. The van der Waals surface area contributed by atoms with Crippen LogP contribution in [0.2, 0.25) is 0 Å². The van der Waals surface area contributed by atoms with Crippen molar-refractivity contribution < 1.29 is 9.53 Å². The van der Waals surface area contributed by atoms with Crippen LogP contribution < -0.4 is 0 Å². The molecule has 76 valence electrons. The Labute approximate surface area is 83.3 Å². The molecule has 0 spiro atoms. The number of aldehydes is 1. The number of rotatable bonds is 4. The van der Waals surface area contributed by atoms with E-state index >= 15 is 0 Å². The Kier molecular flexibility index (Phi) is 3.30. The number of hydrogen-bond donors (Lipinski definition) is 0. The molecule has 4 heteroatoms. The first-order valence-electron chi connectivity index (χ1n) is 4.49. The fourth-order valence-electron chi connectivity index (χ4n) is 1.07. The van der Waals surface area contributed by atoms with E-state index < -0.39 is 5.60 Å². The predicted molar refractivity (Wildman–Crippen MR) is 52.1 cm³/mol.